The van der Waals surface area contributed by atoms with Crippen molar-refractivity contribution in [1.29, 1.82) is 5.26 Å². The molecule has 0 spiro atoms. The number of hydrogen-bond acceptors (Lipinski definition) is 6. The second-order valence-corrected chi connectivity index (χ2v) is 16.1. The van der Waals surface area contributed by atoms with Gasteiger partial charge in [-0.05, 0) is 0 Å². The molecule has 0 aromatic heterocycles. The minimum atomic E-state index is -4.97. The number of rotatable bonds is 2. The van der Waals surface area contributed by atoms with E-state index >= 15 is 0 Å². The summed E-state index contributed by atoms with van der Waals surface area (Å²) in [7, 11) is 0. The van der Waals surface area contributed by atoms with E-state index in [-0.39, 0.29) is 22.4 Å². The van der Waals surface area contributed by atoms with Crippen LogP contribution in [0.2, 0.25) is 5.02 Å². The standard InChI is InChI=1S/C22H19ClF3N4O2.In/c1-11-7-13-16(18(31)14(11)9-28)20(2,3)10-21(32,22(24,25)26)19(13)30-29-17-12(8-27)5-4-6-15(17)23;/h4,6-8,19,30,32H,10H2,1-3H3,(H-2,27,29,31);/q-2;+2. The molecule has 0 fully saturated rings. The fraction of sp³-hybridized carbons (Fsp3) is 0.364. The van der Waals surface area contributed by atoms with E-state index in [2.05, 4.69) is 8.41 Å². The SMILES string of the molecule is Cc1cc2c(c(O)c1C#N)C(C)(C)CC(O)(C(F)(F)F)C2N[N]1c2c(Cl)cc[c]3c2C=[N][In]31. The number of halogens is 4. The van der Waals surface area contributed by atoms with Crippen molar-refractivity contribution in [3.05, 3.63) is 51.0 Å². The van der Waals surface area contributed by atoms with Gasteiger partial charge in [-0.1, -0.05) is 0 Å². The van der Waals surface area contributed by atoms with Crippen molar-refractivity contribution in [2.24, 2.45) is 2.98 Å². The first-order chi connectivity index (χ1) is 15.3. The maximum absolute atomic E-state index is 14.5. The third-order valence-corrected chi connectivity index (χ3v) is 14.0. The summed E-state index contributed by atoms with van der Waals surface area (Å²) in [5.41, 5.74) is 0.612. The molecular weight excluding hydrogens is 560 g/mol. The number of anilines is 1. The Balaban J connectivity index is 1.72. The van der Waals surface area contributed by atoms with E-state index in [0.717, 1.165) is 8.88 Å². The van der Waals surface area contributed by atoms with Crippen LogP contribution in [0.1, 0.15) is 54.1 Å². The van der Waals surface area contributed by atoms with Gasteiger partial charge in [-0.3, -0.25) is 0 Å². The van der Waals surface area contributed by atoms with Gasteiger partial charge in [0.15, 0.2) is 0 Å². The van der Waals surface area contributed by atoms with Crippen LogP contribution in [-0.2, 0) is 5.41 Å². The maximum atomic E-state index is 14.5. The molecule has 2 aliphatic heterocycles. The Hall–Kier alpha value is -1.93. The number of phenolic OH excluding ortho intramolecular Hbond substituents is 1. The number of nitrogens with zero attached hydrogens (tertiary/aromatic N) is 3. The van der Waals surface area contributed by atoms with E-state index in [0.29, 0.717) is 16.3 Å². The number of benzene rings is 2. The zero-order valence-electron chi connectivity index (χ0n) is 17.9. The third-order valence-electron chi connectivity index (χ3n) is 6.89. The van der Waals surface area contributed by atoms with E-state index in [4.69, 9.17) is 11.6 Å². The van der Waals surface area contributed by atoms with Gasteiger partial charge in [-0.2, -0.15) is 0 Å². The Bertz CT molecular complexity index is 1290. The third kappa shape index (κ3) is 2.99. The molecule has 2 atom stereocenters. The second kappa shape index (κ2) is 7.04. The van der Waals surface area contributed by atoms with Gasteiger partial charge in [0.25, 0.3) is 0 Å². The minimum absolute atomic E-state index is 0.0129. The summed E-state index contributed by atoms with van der Waals surface area (Å²) in [6.07, 6.45) is -3.95. The fourth-order valence-electron chi connectivity index (χ4n) is 5.50. The van der Waals surface area contributed by atoms with Crippen LogP contribution in [0.4, 0.5) is 18.9 Å². The van der Waals surface area contributed by atoms with Crippen LogP contribution in [0.5, 0.6) is 5.75 Å². The van der Waals surface area contributed by atoms with Crippen LogP contribution in [0.3, 0.4) is 0 Å². The molecule has 3 N–H and O–H groups in total. The molecule has 2 heterocycles. The predicted molar refractivity (Wildman–Crippen MR) is 119 cm³/mol. The summed E-state index contributed by atoms with van der Waals surface area (Å²) in [6, 6.07) is 5.32. The topological polar surface area (TPSA) is 91.9 Å². The molecule has 0 saturated carbocycles. The molecule has 11 heteroatoms. The van der Waals surface area contributed by atoms with Crippen LogP contribution in [0.25, 0.3) is 0 Å². The van der Waals surface area contributed by atoms with Gasteiger partial charge in [0.1, 0.15) is 0 Å². The quantitative estimate of drug-likeness (QED) is 0.508. The Morgan fingerprint density at radius 2 is 2.06 bits per heavy atom. The summed E-state index contributed by atoms with van der Waals surface area (Å²) < 4.78 is 50.6. The number of aryl methyl sites for hydroxylation is 1. The molecule has 4 bridgehead atoms. The number of aromatic hydroxyl groups is 1. The summed E-state index contributed by atoms with van der Waals surface area (Å²) in [5, 5.41) is 32.0. The molecule has 5 rings (SSSR count). The molecule has 33 heavy (non-hydrogen) atoms. The van der Waals surface area contributed by atoms with Crippen molar-refractivity contribution < 1.29 is 23.4 Å². The molecule has 2 unspecified atom stereocenters. The van der Waals surface area contributed by atoms with Crippen molar-refractivity contribution >= 4 is 48.8 Å². The van der Waals surface area contributed by atoms with E-state index < -0.39 is 51.7 Å². The molecule has 170 valence electrons. The van der Waals surface area contributed by atoms with Gasteiger partial charge < -0.3 is 0 Å². The van der Waals surface area contributed by atoms with Crippen LogP contribution < -0.4 is 11.7 Å². The van der Waals surface area contributed by atoms with E-state index in [1.165, 1.54) is 19.9 Å². The van der Waals surface area contributed by atoms with Gasteiger partial charge in [0.2, 0.25) is 0 Å². The number of alkyl halides is 3. The zero-order chi connectivity index (χ0) is 24.1. The summed E-state index contributed by atoms with van der Waals surface area (Å²) in [4.78, 5) is 0. The molecule has 0 amide bonds. The molecule has 1 aliphatic carbocycles. The van der Waals surface area contributed by atoms with E-state index in [1.54, 1.807) is 22.2 Å². The van der Waals surface area contributed by atoms with Crippen LogP contribution in [0.15, 0.2) is 21.2 Å². The first-order valence-corrected chi connectivity index (χ1v) is 15.3. The molecule has 2 aromatic carbocycles. The Morgan fingerprint density at radius 3 is 2.70 bits per heavy atom. The number of nitrogens with one attached hydrogen (secondary N) is 1. The molecule has 6 nitrogen and oxygen atoms in total. The Labute approximate surface area is 201 Å². The fourth-order valence-corrected chi connectivity index (χ4v) is 12.9. The van der Waals surface area contributed by atoms with Crippen molar-refractivity contribution in [2.75, 3.05) is 3.00 Å². The van der Waals surface area contributed by atoms with E-state index in [1.807, 2.05) is 12.1 Å². The molecule has 0 radical (unpaired) electrons. The normalized spacial score (nSPS) is 24.3. The van der Waals surface area contributed by atoms with Gasteiger partial charge in [0, 0.05) is 0 Å². The zero-order valence-corrected chi connectivity index (χ0v) is 22.0. The Morgan fingerprint density at radius 1 is 1.36 bits per heavy atom. The molecule has 0 saturated heterocycles. The monoisotopic (exact) mass is 578 g/mol. The number of phenols is 1. The average molecular weight is 579 g/mol. The number of hydrogen-bond donors (Lipinski definition) is 3. The van der Waals surface area contributed by atoms with E-state index in [9.17, 15) is 28.6 Å². The summed E-state index contributed by atoms with van der Waals surface area (Å²) >= 11 is 3.28. The summed E-state index contributed by atoms with van der Waals surface area (Å²) in [6.45, 7) is 4.60. The van der Waals surface area contributed by atoms with Crippen LogP contribution in [0, 0.1) is 18.3 Å². The number of fused-ring (bicyclic) bond motifs is 1. The van der Waals surface area contributed by atoms with Gasteiger partial charge >= 0.3 is 202 Å². The van der Waals surface area contributed by atoms with Crippen LogP contribution >= 0.6 is 11.6 Å². The first kappa shape index (κ1) is 22.8. The van der Waals surface area contributed by atoms with Gasteiger partial charge in [-0.25, -0.2) is 0 Å². The van der Waals surface area contributed by atoms with Crippen molar-refractivity contribution in [2.45, 2.75) is 50.4 Å². The predicted octanol–water partition coefficient (Wildman–Crippen LogP) is 3.39. The number of hydrazine groups is 1. The Kier molecular flexibility index (Phi) is 4.87. The number of nitriles is 1. The second-order valence-electron chi connectivity index (χ2n) is 9.46. The van der Waals surface area contributed by atoms with Crippen LogP contribution in [-0.4, -0.2) is 50.2 Å². The molecule has 3 aliphatic rings. The number of aliphatic hydroxyl groups is 1. The van der Waals surface area contributed by atoms with Crippen molar-refractivity contribution in [1.82, 2.24) is 5.43 Å². The average Bonchev–Trinajstić information content (AvgIpc) is 3.19. The summed E-state index contributed by atoms with van der Waals surface area (Å²) in [5.74, 6) is -0.348. The first-order valence-electron chi connectivity index (χ1n) is 10.3. The van der Waals surface area contributed by atoms with Crippen molar-refractivity contribution in [3.8, 4) is 11.8 Å². The molecule has 2 aromatic rings. The van der Waals surface area contributed by atoms with Gasteiger partial charge in [-0.15, -0.1) is 0 Å². The van der Waals surface area contributed by atoms with Crippen molar-refractivity contribution in [3.63, 3.8) is 0 Å². The molecular formula is C22H19ClF3InN4O2. The van der Waals surface area contributed by atoms with Gasteiger partial charge in [0.05, 0.1) is 0 Å².